The number of ether oxygens (including phenoxy) is 2. The molecule has 1 aromatic carbocycles. The molecule has 0 saturated carbocycles. The number of piperidine rings is 1. The van der Waals surface area contributed by atoms with Crippen LogP contribution in [0.1, 0.15) is 18.4 Å². The number of rotatable bonds is 7. The maximum atomic E-state index is 10.9. The van der Waals surface area contributed by atoms with Gasteiger partial charge in [0.2, 0.25) is 5.88 Å². The molecule has 1 fully saturated rings. The molecule has 2 aromatic rings. The number of carbonyl (C=O) groups is 1. The summed E-state index contributed by atoms with van der Waals surface area (Å²) in [5.74, 6) is 1.39. The SMILES string of the molecule is C=C(NOc1ccc(OC2CCN(C(=O)O)CC2)nn1)c1ccc(OC)cc1. The highest BCUT2D eigenvalue weighted by molar-refractivity contribution is 5.65. The van der Waals surface area contributed by atoms with Crippen LogP contribution >= 0.6 is 0 Å². The number of hydrogen-bond acceptors (Lipinski definition) is 7. The molecule has 0 aliphatic carbocycles. The molecule has 0 atom stereocenters. The molecule has 0 radical (unpaired) electrons. The average Bonchev–Trinajstić information content (AvgIpc) is 2.73. The molecule has 0 spiro atoms. The van der Waals surface area contributed by atoms with Crippen LogP contribution in [0.25, 0.3) is 5.70 Å². The van der Waals surface area contributed by atoms with Crippen molar-refractivity contribution in [1.82, 2.24) is 20.6 Å². The molecule has 0 bridgehead atoms. The second-order valence-corrected chi connectivity index (χ2v) is 6.21. The Labute approximate surface area is 162 Å². The number of methoxy groups -OCH3 is 1. The summed E-state index contributed by atoms with van der Waals surface area (Å²) in [5.41, 5.74) is 4.14. The van der Waals surface area contributed by atoms with E-state index in [1.54, 1.807) is 19.2 Å². The third-order valence-corrected chi connectivity index (χ3v) is 4.33. The van der Waals surface area contributed by atoms with Crippen molar-refractivity contribution in [1.29, 1.82) is 0 Å². The molecule has 9 heteroatoms. The number of benzene rings is 1. The highest BCUT2D eigenvalue weighted by atomic mass is 16.7. The minimum absolute atomic E-state index is 0.0790. The predicted octanol–water partition coefficient (Wildman–Crippen LogP) is 2.56. The molecule has 3 rings (SSSR count). The van der Waals surface area contributed by atoms with Gasteiger partial charge >= 0.3 is 6.09 Å². The fraction of sp³-hybridized carbons (Fsp3) is 0.316. The summed E-state index contributed by atoms with van der Waals surface area (Å²) in [6.45, 7) is 4.81. The van der Waals surface area contributed by atoms with Crippen LogP contribution in [0, 0.1) is 0 Å². The molecular formula is C19H22N4O5. The van der Waals surface area contributed by atoms with Gasteiger partial charge in [-0.3, -0.25) is 0 Å². The van der Waals surface area contributed by atoms with Gasteiger partial charge in [-0.05, 0) is 24.3 Å². The highest BCUT2D eigenvalue weighted by Crippen LogP contribution is 2.19. The second kappa shape index (κ2) is 8.94. The van der Waals surface area contributed by atoms with Crippen LogP contribution in [-0.2, 0) is 0 Å². The predicted molar refractivity (Wildman–Crippen MR) is 101 cm³/mol. The first-order valence-corrected chi connectivity index (χ1v) is 8.79. The Kier molecular flexibility index (Phi) is 6.15. The van der Waals surface area contributed by atoms with Crippen LogP contribution in [0.5, 0.6) is 17.5 Å². The first kappa shape index (κ1) is 19.3. The Morgan fingerprint density at radius 3 is 2.36 bits per heavy atom. The lowest BCUT2D eigenvalue weighted by Gasteiger charge is -2.29. The summed E-state index contributed by atoms with van der Waals surface area (Å²) in [5, 5.41) is 16.9. The lowest BCUT2D eigenvalue weighted by Crippen LogP contribution is -2.41. The van der Waals surface area contributed by atoms with Gasteiger partial charge in [-0.1, -0.05) is 6.58 Å². The lowest BCUT2D eigenvalue weighted by molar-refractivity contribution is 0.0862. The molecule has 2 N–H and O–H groups in total. The Hall–Kier alpha value is -3.49. The molecule has 1 aromatic heterocycles. The summed E-state index contributed by atoms with van der Waals surface area (Å²) in [7, 11) is 1.61. The first-order chi connectivity index (χ1) is 13.5. The molecule has 1 amide bonds. The van der Waals surface area contributed by atoms with E-state index in [2.05, 4.69) is 22.3 Å². The number of hydrogen-bond donors (Lipinski definition) is 2. The molecule has 28 heavy (non-hydrogen) atoms. The number of nitrogens with zero attached hydrogens (tertiary/aromatic N) is 3. The summed E-state index contributed by atoms with van der Waals surface area (Å²) in [4.78, 5) is 17.7. The van der Waals surface area contributed by atoms with Gasteiger partial charge in [0.05, 0.1) is 12.8 Å². The molecule has 0 unspecified atom stereocenters. The Balaban J connectivity index is 1.46. The summed E-state index contributed by atoms with van der Waals surface area (Å²) in [6.07, 6.45) is 0.262. The maximum absolute atomic E-state index is 10.9. The standard InChI is InChI=1S/C19H22N4O5/c1-13(14-3-5-15(26-2)6-4-14)22-28-18-8-7-17(20-21-18)27-16-9-11-23(12-10-16)19(24)25/h3-8,16,22H,1,9-12H2,2H3,(H,24,25). The van der Waals surface area contributed by atoms with Crippen LogP contribution in [-0.4, -0.2) is 52.6 Å². The van der Waals surface area contributed by atoms with Gasteiger partial charge in [-0.15, -0.1) is 10.2 Å². The number of amides is 1. The molecule has 9 nitrogen and oxygen atoms in total. The molecule has 1 aliphatic heterocycles. The van der Waals surface area contributed by atoms with Crippen molar-refractivity contribution in [2.75, 3.05) is 20.2 Å². The number of carboxylic acid groups (broad SMARTS) is 1. The zero-order chi connectivity index (χ0) is 19.9. The first-order valence-electron chi connectivity index (χ1n) is 8.79. The van der Waals surface area contributed by atoms with Gasteiger partial charge in [-0.25, -0.2) is 10.3 Å². The van der Waals surface area contributed by atoms with E-state index >= 15 is 0 Å². The normalized spacial score (nSPS) is 14.2. The zero-order valence-electron chi connectivity index (χ0n) is 15.5. The number of likely N-dealkylation sites (tertiary alicyclic amines) is 1. The second-order valence-electron chi connectivity index (χ2n) is 6.21. The van der Waals surface area contributed by atoms with Crippen molar-refractivity contribution in [3.63, 3.8) is 0 Å². The summed E-state index contributed by atoms with van der Waals surface area (Å²) < 4.78 is 10.9. The average molecular weight is 386 g/mol. The monoisotopic (exact) mass is 386 g/mol. The maximum Gasteiger partial charge on any atom is 0.407 e. The lowest BCUT2D eigenvalue weighted by atomic mass is 10.1. The third-order valence-electron chi connectivity index (χ3n) is 4.33. The van der Waals surface area contributed by atoms with E-state index in [0.717, 1.165) is 11.3 Å². The van der Waals surface area contributed by atoms with E-state index in [1.165, 1.54) is 4.90 Å². The highest BCUT2D eigenvalue weighted by Gasteiger charge is 2.23. The fourth-order valence-electron chi connectivity index (χ4n) is 2.73. The minimum atomic E-state index is -0.900. The topological polar surface area (TPSA) is 106 Å². The van der Waals surface area contributed by atoms with Crippen LogP contribution in [0.2, 0.25) is 0 Å². The van der Waals surface area contributed by atoms with Gasteiger partial charge in [0.15, 0.2) is 0 Å². The summed E-state index contributed by atoms with van der Waals surface area (Å²) >= 11 is 0. The van der Waals surface area contributed by atoms with Gasteiger partial charge < -0.3 is 24.3 Å². The van der Waals surface area contributed by atoms with Crippen LogP contribution in [0.4, 0.5) is 4.79 Å². The van der Waals surface area contributed by atoms with Crippen molar-refractivity contribution in [2.45, 2.75) is 18.9 Å². The minimum Gasteiger partial charge on any atom is -0.497 e. The smallest absolute Gasteiger partial charge is 0.407 e. The third kappa shape index (κ3) is 5.03. The molecule has 148 valence electrons. The van der Waals surface area contributed by atoms with Crippen molar-refractivity contribution < 1.29 is 24.2 Å². The Morgan fingerprint density at radius 1 is 1.14 bits per heavy atom. The molecular weight excluding hydrogens is 364 g/mol. The number of hydroxylamine groups is 1. The Bertz CT molecular complexity index is 802. The van der Waals surface area contributed by atoms with E-state index in [0.29, 0.717) is 37.5 Å². The molecule has 2 heterocycles. The van der Waals surface area contributed by atoms with Gasteiger partial charge in [-0.2, -0.15) is 0 Å². The van der Waals surface area contributed by atoms with Crippen LogP contribution < -0.4 is 19.8 Å². The van der Waals surface area contributed by atoms with E-state index in [-0.39, 0.29) is 12.0 Å². The van der Waals surface area contributed by atoms with Crippen molar-refractivity contribution in [2.24, 2.45) is 0 Å². The van der Waals surface area contributed by atoms with Gasteiger partial charge in [0, 0.05) is 43.6 Å². The van der Waals surface area contributed by atoms with E-state index in [9.17, 15) is 4.79 Å². The van der Waals surface area contributed by atoms with E-state index in [1.807, 2.05) is 24.3 Å². The van der Waals surface area contributed by atoms with Crippen molar-refractivity contribution >= 4 is 11.8 Å². The quantitative estimate of drug-likeness (QED) is 0.700. The van der Waals surface area contributed by atoms with E-state index < -0.39 is 6.09 Å². The van der Waals surface area contributed by atoms with Gasteiger partial charge in [0.25, 0.3) is 5.88 Å². The number of nitrogens with one attached hydrogen (secondary N) is 1. The van der Waals surface area contributed by atoms with Crippen LogP contribution in [0.3, 0.4) is 0 Å². The summed E-state index contributed by atoms with van der Waals surface area (Å²) in [6, 6.07) is 10.7. The number of aromatic nitrogens is 2. The van der Waals surface area contributed by atoms with Crippen molar-refractivity contribution in [3.8, 4) is 17.5 Å². The molecule has 1 saturated heterocycles. The zero-order valence-corrected chi connectivity index (χ0v) is 15.5. The van der Waals surface area contributed by atoms with E-state index in [4.69, 9.17) is 19.4 Å². The van der Waals surface area contributed by atoms with Gasteiger partial charge in [0.1, 0.15) is 11.9 Å². The fourth-order valence-corrected chi connectivity index (χ4v) is 2.73. The Morgan fingerprint density at radius 2 is 1.79 bits per heavy atom. The van der Waals surface area contributed by atoms with Crippen molar-refractivity contribution in [3.05, 3.63) is 48.5 Å². The molecule has 1 aliphatic rings. The van der Waals surface area contributed by atoms with Crippen LogP contribution in [0.15, 0.2) is 43.0 Å². The largest absolute Gasteiger partial charge is 0.497 e.